The van der Waals surface area contributed by atoms with Gasteiger partial charge >= 0.3 is 24.1 Å². The molecule has 0 saturated carbocycles. The van der Waals surface area contributed by atoms with Crippen LogP contribution in [0.15, 0.2) is 33.6 Å². The second-order valence-corrected chi connectivity index (χ2v) is 16.9. The number of hydrogen-bond acceptors (Lipinski definition) is 13. The van der Waals surface area contributed by atoms with E-state index < -0.39 is 63.6 Å². The SMILES string of the molecule is COC(=O)[C@@H]1C[C@@H](SCCCO)CN1C(=O)OC(C)(C)C.COC(=O)[C@@H]1C[C@H](OS(=O)(=O)c2ccc(Br)cc2)CN1C(=O)OC(C)(C)C. The number of aliphatic hydroxyl groups is 1. The molecule has 2 heterocycles. The van der Waals surface area contributed by atoms with Crippen molar-refractivity contribution < 1.29 is 55.8 Å². The molecule has 2 aliphatic rings. The lowest BCUT2D eigenvalue weighted by Gasteiger charge is -2.27. The summed E-state index contributed by atoms with van der Waals surface area (Å²) in [5.41, 5.74) is -1.36. The van der Waals surface area contributed by atoms with Gasteiger partial charge in [-0.3, -0.25) is 14.0 Å². The van der Waals surface area contributed by atoms with E-state index in [-0.39, 0.29) is 29.7 Å². The zero-order valence-electron chi connectivity index (χ0n) is 28.6. The van der Waals surface area contributed by atoms with Crippen molar-refractivity contribution in [1.29, 1.82) is 0 Å². The third kappa shape index (κ3) is 13.0. The van der Waals surface area contributed by atoms with Gasteiger partial charge in [-0.2, -0.15) is 20.2 Å². The van der Waals surface area contributed by atoms with Crippen molar-refractivity contribution in [2.24, 2.45) is 0 Å². The van der Waals surface area contributed by atoms with Crippen LogP contribution < -0.4 is 0 Å². The highest BCUT2D eigenvalue weighted by Crippen LogP contribution is 2.30. The number of aliphatic hydroxyl groups excluding tert-OH is 1. The molecule has 14 nitrogen and oxygen atoms in total. The monoisotopic (exact) mass is 782 g/mol. The minimum Gasteiger partial charge on any atom is -0.467 e. The van der Waals surface area contributed by atoms with E-state index in [1.165, 1.54) is 31.3 Å². The van der Waals surface area contributed by atoms with Gasteiger partial charge in [-0.05, 0) is 84.4 Å². The van der Waals surface area contributed by atoms with Crippen LogP contribution in [-0.4, -0.2) is 122 Å². The first kappa shape index (κ1) is 41.6. The number of esters is 2. The molecule has 1 aromatic carbocycles. The summed E-state index contributed by atoms with van der Waals surface area (Å²) >= 11 is 4.90. The van der Waals surface area contributed by atoms with Crippen LogP contribution in [0.1, 0.15) is 60.8 Å². The summed E-state index contributed by atoms with van der Waals surface area (Å²) in [6.07, 6.45) is -0.858. The molecule has 1 aromatic rings. The average Bonchev–Trinajstić information content (AvgIpc) is 3.60. The number of carbonyl (C=O) groups is 4. The summed E-state index contributed by atoms with van der Waals surface area (Å²) in [6.45, 7) is 11.0. The van der Waals surface area contributed by atoms with Crippen molar-refractivity contribution in [1.82, 2.24) is 9.80 Å². The maximum absolute atomic E-state index is 12.5. The largest absolute Gasteiger partial charge is 0.467 e. The first-order valence-corrected chi connectivity index (χ1v) is 18.5. The predicted octanol–water partition coefficient (Wildman–Crippen LogP) is 4.36. The van der Waals surface area contributed by atoms with E-state index in [0.717, 1.165) is 15.1 Å². The molecule has 0 unspecified atom stereocenters. The average molecular weight is 784 g/mol. The number of amides is 2. The fraction of sp³-hybridized carbons (Fsp3) is 0.677. The van der Waals surface area contributed by atoms with Crippen LogP contribution >= 0.6 is 27.7 Å². The van der Waals surface area contributed by atoms with Crippen LogP contribution in [0.3, 0.4) is 0 Å². The van der Waals surface area contributed by atoms with Crippen molar-refractivity contribution >= 4 is 61.9 Å². The van der Waals surface area contributed by atoms with Gasteiger partial charge in [0, 0.05) is 29.3 Å². The Balaban J connectivity index is 0.000000345. The van der Waals surface area contributed by atoms with Gasteiger partial charge in [0.1, 0.15) is 23.3 Å². The van der Waals surface area contributed by atoms with E-state index >= 15 is 0 Å². The molecule has 0 radical (unpaired) electrons. The highest BCUT2D eigenvalue weighted by Gasteiger charge is 2.45. The molecule has 2 aliphatic heterocycles. The lowest BCUT2D eigenvalue weighted by Crippen LogP contribution is -2.44. The molecule has 0 bridgehead atoms. The van der Waals surface area contributed by atoms with Gasteiger partial charge in [0.25, 0.3) is 10.1 Å². The zero-order chi connectivity index (χ0) is 36.4. The summed E-state index contributed by atoms with van der Waals surface area (Å²) in [5, 5.41) is 8.97. The summed E-state index contributed by atoms with van der Waals surface area (Å²) in [7, 11) is -1.53. The topological polar surface area (TPSA) is 175 Å². The number of likely N-dealkylation sites (tertiary alicyclic amines) is 2. The molecule has 0 spiro atoms. The lowest BCUT2D eigenvalue weighted by molar-refractivity contribution is -0.146. The van der Waals surface area contributed by atoms with Gasteiger partial charge in [0.15, 0.2) is 0 Å². The van der Waals surface area contributed by atoms with Crippen molar-refractivity contribution in [3.63, 3.8) is 0 Å². The highest BCUT2D eigenvalue weighted by molar-refractivity contribution is 9.10. The Bertz CT molecular complexity index is 1360. The molecule has 272 valence electrons. The lowest BCUT2D eigenvalue weighted by atomic mass is 10.2. The maximum atomic E-state index is 12.5. The Morgan fingerprint density at radius 1 is 0.854 bits per heavy atom. The first-order valence-electron chi connectivity index (χ1n) is 15.3. The summed E-state index contributed by atoms with van der Waals surface area (Å²) in [4.78, 5) is 51.1. The Hall–Kier alpha value is -2.60. The molecular weight excluding hydrogens is 736 g/mol. The number of thioether (sulfide) groups is 1. The number of carbonyl (C=O) groups excluding carboxylic acids is 4. The number of benzene rings is 1. The third-order valence-electron chi connectivity index (χ3n) is 6.75. The van der Waals surface area contributed by atoms with E-state index in [2.05, 4.69) is 15.9 Å². The molecule has 4 atom stereocenters. The third-order valence-corrected chi connectivity index (χ3v) is 9.99. The zero-order valence-corrected chi connectivity index (χ0v) is 31.8. The summed E-state index contributed by atoms with van der Waals surface area (Å²) < 4.78 is 51.1. The molecular formula is C31H47BrN2O12S2. The number of methoxy groups -OCH3 is 2. The molecule has 3 rings (SSSR count). The van der Waals surface area contributed by atoms with Crippen LogP contribution in [-0.2, 0) is 42.8 Å². The number of nitrogens with zero attached hydrogens (tertiary/aromatic N) is 2. The number of halogens is 1. The molecule has 2 fully saturated rings. The number of ether oxygens (including phenoxy) is 4. The molecule has 2 saturated heterocycles. The Labute approximate surface area is 295 Å². The predicted molar refractivity (Wildman–Crippen MR) is 181 cm³/mol. The molecule has 17 heteroatoms. The fourth-order valence-corrected chi connectivity index (χ4v) is 7.26. The first-order chi connectivity index (χ1) is 22.2. The Morgan fingerprint density at radius 2 is 1.33 bits per heavy atom. The van der Waals surface area contributed by atoms with Crippen LogP contribution in [0, 0.1) is 0 Å². The van der Waals surface area contributed by atoms with Gasteiger partial charge in [0.2, 0.25) is 0 Å². The van der Waals surface area contributed by atoms with Crippen LogP contribution in [0.5, 0.6) is 0 Å². The van der Waals surface area contributed by atoms with Gasteiger partial charge < -0.3 is 24.1 Å². The second-order valence-electron chi connectivity index (χ2n) is 13.0. The van der Waals surface area contributed by atoms with E-state index in [0.29, 0.717) is 19.4 Å². The van der Waals surface area contributed by atoms with E-state index in [9.17, 15) is 27.6 Å². The maximum Gasteiger partial charge on any atom is 0.411 e. The van der Waals surface area contributed by atoms with E-state index in [1.54, 1.807) is 65.4 Å². The quantitative estimate of drug-likeness (QED) is 0.162. The molecule has 0 aliphatic carbocycles. The van der Waals surface area contributed by atoms with E-state index in [4.69, 9.17) is 28.2 Å². The van der Waals surface area contributed by atoms with Gasteiger partial charge in [-0.15, -0.1) is 0 Å². The van der Waals surface area contributed by atoms with Crippen molar-refractivity contribution in [3.05, 3.63) is 28.7 Å². The Morgan fingerprint density at radius 3 is 1.79 bits per heavy atom. The number of rotatable bonds is 9. The summed E-state index contributed by atoms with van der Waals surface area (Å²) in [5.74, 6) is -0.267. The van der Waals surface area contributed by atoms with E-state index in [1.807, 2.05) is 0 Å². The molecule has 2 amide bonds. The standard InChI is InChI=1S/C17H22BrNO7S.C14H25NO5S/c1-17(2,3)25-16(21)19-10-12(9-14(19)15(20)24-4)26-27(22,23)13-7-5-11(18)6-8-13;1-14(2,3)20-13(18)15-9-10(21-7-5-6-16)8-11(15)12(17)19-4/h5-8,12,14H,9-10H2,1-4H3;10-11,16H,5-9H2,1-4H3/t12-,14-;10-,11+/m01/s1. The van der Waals surface area contributed by atoms with Crippen LogP contribution in [0.2, 0.25) is 0 Å². The molecule has 48 heavy (non-hydrogen) atoms. The van der Waals surface area contributed by atoms with Gasteiger partial charge in [-0.1, -0.05) is 15.9 Å². The second kappa shape index (κ2) is 17.9. The van der Waals surface area contributed by atoms with Crippen molar-refractivity contribution in [2.75, 3.05) is 39.7 Å². The summed E-state index contributed by atoms with van der Waals surface area (Å²) in [6, 6.07) is 4.39. The number of hydrogen-bond donors (Lipinski definition) is 1. The smallest absolute Gasteiger partial charge is 0.411 e. The van der Waals surface area contributed by atoms with Crippen molar-refractivity contribution in [2.45, 2.75) is 100 Å². The highest BCUT2D eigenvalue weighted by atomic mass is 79.9. The minimum atomic E-state index is -4.05. The fourth-order valence-electron chi connectivity index (χ4n) is 4.70. The Kier molecular flexibility index (Phi) is 15.5. The minimum absolute atomic E-state index is 0.0122. The van der Waals surface area contributed by atoms with Crippen molar-refractivity contribution in [3.8, 4) is 0 Å². The van der Waals surface area contributed by atoms with Crippen LogP contribution in [0.4, 0.5) is 9.59 Å². The van der Waals surface area contributed by atoms with Crippen LogP contribution in [0.25, 0.3) is 0 Å². The molecule has 1 N–H and O–H groups in total. The normalized spacial score (nSPS) is 21.2. The van der Waals surface area contributed by atoms with Gasteiger partial charge in [-0.25, -0.2) is 19.2 Å². The molecule has 0 aromatic heterocycles. The van der Waals surface area contributed by atoms with Gasteiger partial charge in [0.05, 0.1) is 31.8 Å².